The third-order valence-corrected chi connectivity index (χ3v) is 2.16. The molecule has 4 heteroatoms. The molecule has 0 spiro atoms. The van der Waals surface area contributed by atoms with Gasteiger partial charge in [0.2, 0.25) is 0 Å². The summed E-state index contributed by atoms with van der Waals surface area (Å²) in [6.45, 7) is 8.64. The molecular formula is C14H17FO3. The summed E-state index contributed by atoms with van der Waals surface area (Å²) in [7, 11) is 0. The average Bonchev–Trinajstić information content (AvgIpc) is 2.24. The molecule has 0 fully saturated rings. The Morgan fingerprint density at radius 2 is 2.06 bits per heavy atom. The van der Waals surface area contributed by atoms with Crippen LogP contribution in [0.25, 0.3) is 0 Å². The molecular weight excluding hydrogens is 235 g/mol. The average molecular weight is 252 g/mol. The number of esters is 1. The summed E-state index contributed by atoms with van der Waals surface area (Å²) in [4.78, 5) is 11.7. The van der Waals surface area contributed by atoms with Crippen molar-refractivity contribution >= 4 is 5.97 Å². The van der Waals surface area contributed by atoms with Crippen LogP contribution in [0.15, 0.2) is 36.4 Å². The van der Waals surface area contributed by atoms with E-state index in [-0.39, 0.29) is 11.1 Å². The second-order valence-corrected chi connectivity index (χ2v) is 4.98. The summed E-state index contributed by atoms with van der Waals surface area (Å²) in [5.74, 6) is -1.18. The van der Waals surface area contributed by atoms with Crippen LogP contribution in [0.3, 0.4) is 0 Å². The summed E-state index contributed by atoms with van der Waals surface area (Å²) in [6.07, 6.45) is -1.27. The maximum atomic E-state index is 13.0. The fourth-order valence-corrected chi connectivity index (χ4v) is 1.33. The van der Waals surface area contributed by atoms with E-state index in [1.54, 1.807) is 20.8 Å². The van der Waals surface area contributed by atoms with Gasteiger partial charge in [-0.15, -0.1) is 0 Å². The molecule has 18 heavy (non-hydrogen) atoms. The lowest BCUT2D eigenvalue weighted by Crippen LogP contribution is -2.26. The zero-order chi connectivity index (χ0) is 13.9. The van der Waals surface area contributed by atoms with Crippen LogP contribution in [0.1, 0.15) is 32.4 Å². The minimum atomic E-state index is -1.27. The van der Waals surface area contributed by atoms with E-state index in [0.29, 0.717) is 0 Å². The SMILES string of the molecule is C=C(C(=O)OC(C)(C)C)C(O)c1cccc(F)c1. The Morgan fingerprint density at radius 1 is 1.44 bits per heavy atom. The highest BCUT2D eigenvalue weighted by molar-refractivity contribution is 5.89. The third kappa shape index (κ3) is 3.96. The molecule has 0 aliphatic heterocycles. The van der Waals surface area contributed by atoms with Gasteiger partial charge in [-0.2, -0.15) is 0 Å². The molecule has 1 aromatic rings. The van der Waals surface area contributed by atoms with Crippen LogP contribution >= 0.6 is 0 Å². The lowest BCUT2D eigenvalue weighted by Gasteiger charge is -2.22. The first kappa shape index (κ1) is 14.4. The molecule has 1 N–H and O–H groups in total. The van der Waals surface area contributed by atoms with Crippen molar-refractivity contribution in [1.29, 1.82) is 0 Å². The molecule has 0 radical (unpaired) electrons. The molecule has 3 nitrogen and oxygen atoms in total. The van der Waals surface area contributed by atoms with Gasteiger partial charge >= 0.3 is 5.97 Å². The van der Waals surface area contributed by atoms with E-state index in [4.69, 9.17) is 4.74 Å². The topological polar surface area (TPSA) is 46.5 Å². The van der Waals surface area contributed by atoms with Crippen LogP contribution in [-0.4, -0.2) is 16.7 Å². The van der Waals surface area contributed by atoms with Crippen LogP contribution in [0, 0.1) is 5.82 Å². The van der Waals surface area contributed by atoms with Crippen molar-refractivity contribution in [2.75, 3.05) is 0 Å². The maximum absolute atomic E-state index is 13.0. The van der Waals surface area contributed by atoms with Gasteiger partial charge in [-0.25, -0.2) is 9.18 Å². The Kier molecular flexibility index (Phi) is 4.24. The first-order valence-corrected chi connectivity index (χ1v) is 5.56. The molecule has 1 unspecified atom stereocenters. The Labute approximate surface area is 106 Å². The fourth-order valence-electron chi connectivity index (χ4n) is 1.33. The van der Waals surface area contributed by atoms with E-state index in [9.17, 15) is 14.3 Å². The number of hydrogen-bond donors (Lipinski definition) is 1. The van der Waals surface area contributed by atoms with Gasteiger partial charge in [0.1, 0.15) is 17.5 Å². The molecule has 98 valence electrons. The lowest BCUT2D eigenvalue weighted by molar-refractivity contribution is -0.151. The molecule has 1 aromatic carbocycles. The highest BCUT2D eigenvalue weighted by Crippen LogP contribution is 2.23. The van der Waals surface area contributed by atoms with Gasteiger partial charge in [0, 0.05) is 0 Å². The summed E-state index contributed by atoms with van der Waals surface area (Å²) in [5.41, 5.74) is -0.511. The molecule has 0 heterocycles. The van der Waals surface area contributed by atoms with E-state index in [1.807, 2.05) is 0 Å². The standard InChI is InChI=1S/C14H17FO3/c1-9(13(17)18-14(2,3)4)12(16)10-6-5-7-11(15)8-10/h5-8,12,16H,1H2,2-4H3. The zero-order valence-electron chi connectivity index (χ0n) is 10.7. The van der Waals surface area contributed by atoms with Crippen molar-refractivity contribution in [1.82, 2.24) is 0 Å². The minimum Gasteiger partial charge on any atom is -0.457 e. The van der Waals surface area contributed by atoms with Crippen molar-refractivity contribution in [2.45, 2.75) is 32.5 Å². The van der Waals surface area contributed by atoms with E-state index in [0.717, 1.165) is 6.07 Å². The fraction of sp³-hybridized carbons (Fsp3) is 0.357. The van der Waals surface area contributed by atoms with Crippen LogP contribution in [-0.2, 0) is 9.53 Å². The maximum Gasteiger partial charge on any atom is 0.336 e. The molecule has 1 atom stereocenters. The number of benzene rings is 1. The van der Waals surface area contributed by atoms with E-state index < -0.39 is 23.5 Å². The van der Waals surface area contributed by atoms with Crippen molar-refractivity contribution in [2.24, 2.45) is 0 Å². The quantitative estimate of drug-likeness (QED) is 0.664. The summed E-state index contributed by atoms with van der Waals surface area (Å²) in [5, 5.41) is 9.91. The number of carbonyl (C=O) groups is 1. The van der Waals surface area contributed by atoms with Crippen LogP contribution in [0.4, 0.5) is 4.39 Å². The number of rotatable bonds is 3. The van der Waals surface area contributed by atoms with Crippen molar-refractivity contribution < 1.29 is 19.0 Å². The van der Waals surface area contributed by atoms with Crippen molar-refractivity contribution in [3.63, 3.8) is 0 Å². The molecule has 0 aromatic heterocycles. The number of aliphatic hydroxyl groups excluding tert-OH is 1. The van der Waals surface area contributed by atoms with Gasteiger partial charge in [-0.1, -0.05) is 18.7 Å². The first-order valence-electron chi connectivity index (χ1n) is 5.56. The number of carbonyl (C=O) groups excluding carboxylic acids is 1. The zero-order valence-corrected chi connectivity index (χ0v) is 10.7. The Bertz CT molecular complexity index is 460. The number of hydrogen-bond acceptors (Lipinski definition) is 3. The largest absolute Gasteiger partial charge is 0.457 e. The Hall–Kier alpha value is -1.68. The summed E-state index contributed by atoms with van der Waals surface area (Å²) in [6, 6.07) is 5.38. The van der Waals surface area contributed by atoms with Gasteiger partial charge in [0.05, 0.1) is 5.57 Å². The molecule has 1 rings (SSSR count). The molecule has 0 saturated heterocycles. The lowest BCUT2D eigenvalue weighted by atomic mass is 10.0. The molecule has 0 amide bonds. The third-order valence-electron chi connectivity index (χ3n) is 2.16. The number of ether oxygens (including phenoxy) is 1. The smallest absolute Gasteiger partial charge is 0.336 e. The van der Waals surface area contributed by atoms with Crippen LogP contribution < -0.4 is 0 Å². The Balaban J connectivity index is 2.81. The Morgan fingerprint density at radius 3 is 2.56 bits per heavy atom. The van der Waals surface area contributed by atoms with Gasteiger partial charge in [-0.3, -0.25) is 0 Å². The van der Waals surface area contributed by atoms with E-state index in [1.165, 1.54) is 18.2 Å². The second kappa shape index (κ2) is 5.31. The van der Waals surface area contributed by atoms with Gasteiger partial charge < -0.3 is 9.84 Å². The predicted molar refractivity (Wildman–Crippen MR) is 66.3 cm³/mol. The van der Waals surface area contributed by atoms with E-state index in [2.05, 4.69) is 6.58 Å². The normalized spacial score (nSPS) is 12.9. The molecule has 0 saturated carbocycles. The predicted octanol–water partition coefficient (Wildman–Crippen LogP) is 2.76. The van der Waals surface area contributed by atoms with Crippen molar-refractivity contribution in [3.05, 3.63) is 47.8 Å². The monoisotopic (exact) mass is 252 g/mol. The number of halogens is 1. The van der Waals surface area contributed by atoms with Crippen LogP contribution in [0.5, 0.6) is 0 Å². The van der Waals surface area contributed by atoms with Crippen LogP contribution in [0.2, 0.25) is 0 Å². The highest BCUT2D eigenvalue weighted by Gasteiger charge is 2.24. The van der Waals surface area contributed by atoms with Gasteiger partial charge in [0.25, 0.3) is 0 Å². The number of aliphatic hydroxyl groups is 1. The van der Waals surface area contributed by atoms with Crippen molar-refractivity contribution in [3.8, 4) is 0 Å². The minimum absolute atomic E-state index is 0.115. The van der Waals surface area contributed by atoms with Gasteiger partial charge in [0.15, 0.2) is 0 Å². The molecule has 0 aliphatic carbocycles. The molecule has 0 bridgehead atoms. The summed E-state index contributed by atoms with van der Waals surface area (Å²) >= 11 is 0. The highest BCUT2D eigenvalue weighted by atomic mass is 19.1. The van der Waals surface area contributed by atoms with E-state index >= 15 is 0 Å². The van der Waals surface area contributed by atoms with Gasteiger partial charge in [-0.05, 0) is 38.5 Å². The summed E-state index contributed by atoms with van der Waals surface area (Å²) < 4.78 is 18.1. The second-order valence-electron chi connectivity index (χ2n) is 4.98. The molecule has 0 aliphatic rings. The first-order chi connectivity index (χ1) is 8.20.